The molecule has 1 fully saturated rings. The second kappa shape index (κ2) is 5.64. The molecule has 0 spiro atoms. The van der Waals surface area contributed by atoms with Crippen molar-refractivity contribution in [3.63, 3.8) is 0 Å². The zero-order valence-corrected chi connectivity index (χ0v) is 10.3. The van der Waals surface area contributed by atoms with Gasteiger partial charge in [0.25, 0.3) is 0 Å². The molecule has 0 aromatic rings. The molecule has 1 aliphatic rings. The van der Waals surface area contributed by atoms with Crippen LogP contribution in [0.4, 0.5) is 0 Å². The van der Waals surface area contributed by atoms with Crippen molar-refractivity contribution in [3.05, 3.63) is 0 Å². The zero-order chi connectivity index (χ0) is 11.3. The summed E-state index contributed by atoms with van der Waals surface area (Å²) < 4.78 is 5.64. The van der Waals surface area contributed by atoms with E-state index >= 15 is 0 Å². The van der Waals surface area contributed by atoms with Gasteiger partial charge in [-0.1, -0.05) is 26.2 Å². The second-order valence-corrected chi connectivity index (χ2v) is 4.72. The van der Waals surface area contributed by atoms with Crippen LogP contribution in [0.2, 0.25) is 0 Å². The lowest BCUT2D eigenvalue weighted by Crippen LogP contribution is -2.42. The van der Waals surface area contributed by atoms with Crippen LogP contribution in [0.3, 0.4) is 0 Å². The van der Waals surface area contributed by atoms with E-state index in [1.54, 1.807) is 0 Å². The van der Waals surface area contributed by atoms with Crippen LogP contribution in [-0.2, 0) is 9.53 Å². The second-order valence-electron chi connectivity index (χ2n) is 4.72. The van der Waals surface area contributed by atoms with E-state index in [-0.39, 0.29) is 5.92 Å². The molecule has 0 aromatic heterocycles. The van der Waals surface area contributed by atoms with Gasteiger partial charge in [-0.15, -0.1) is 0 Å². The predicted molar refractivity (Wildman–Crippen MR) is 61.9 cm³/mol. The van der Waals surface area contributed by atoms with Crippen molar-refractivity contribution in [1.29, 1.82) is 0 Å². The number of carbonyl (C=O) groups excluding carboxylic acids is 1. The molecule has 0 heterocycles. The van der Waals surface area contributed by atoms with Crippen molar-refractivity contribution in [1.82, 2.24) is 0 Å². The lowest BCUT2D eigenvalue weighted by atomic mass is 9.79. The Hall–Kier alpha value is -0.370. The van der Waals surface area contributed by atoms with Gasteiger partial charge < -0.3 is 4.74 Å². The van der Waals surface area contributed by atoms with Crippen LogP contribution in [0.5, 0.6) is 0 Å². The number of hydrogen-bond donors (Lipinski definition) is 0. The van der Waals surface area contributed by atoms with Crippen molar-refractivity contribution in [2.75, 3.05) is 6.61 Å². The van der Waals surface area contributed by atoms with Gasteiger partial charge in [0.15, 0.2) is 5.78 Å². The topological polar surface area (TPSA) is 26.3 Å². The fourth-order valence-electron chi connectivity index (χ4n) is 2.46. The van der Waals surface area contributed by atoms with Gasteiger partial charge in [-0.05, 0) is 33.1 Å². The van der Waals surface area contributed by atoms with E-state index in [1.807, 2.05) is 20.8 Å². The molecule has 0 radical (unpaired) electrons. The molecule has 2 heteroatoms. The van der Waals surface area contributed by atoms with Gasteiger partial charge >= 0.3 is 0 Å². The van der Waals surface area contributed by atoms with Gasteiger partial charge in [0.2, 0.25) is 0 Å². The Morgan fingerprint density at radius 1 is 1.27 bits per heavy atom. The van der Waals surface area contributed by atoms with Crippen LogP contribution in [0.15, 0.2) is 0 Å². The minimum absolute atomic E-state index is 0.259. The summed E-state index contributed by atoms with van der Waals surface area (Å²) in [5.41, 5.74) is -0.531. The maximum absolute atomic E-state index is 12.3. The number of carbonyl (C=O) groups is 1. The SMILES string of the molecule is CCOC(C)(CC)C(=O)C1CCCCC1. The van der Waals surface area contributed by atoms with E-state index in [4.69, 9.17) is 4.74 Å². The third kappa shape index (κ3) is 3.04. The third-order valence-corrected chi connectivity index (χ3v) is 3.63. The summed E-state index contributed by atoms with van der Waals surface area (Å²) in [6, 6.07) is 0. The predicted octanol–water partition coefficient (Wildman–Crippen LogP) is 3.34. The molecular weight excluding hydrogens is 188 g/mol. The molecule has 0 aromatic carbocycles. The van der Waals surface area contributed by atoms with Gasteiger partial charge in [0.1, 0.15) is 5.60 Å². The van der Waals surface area contributed by atoms with Crippen LogP contribution in [-0.4, -0.2) is 18.0 Å². The van der Waals surface area contributed by atoms with Gasteiger partial charge in [0, 0.05) is 12.5 Å². The first-order chi connectivity index (χ1) is 7.14. The number of hydrogen-bond acceptors (Lipinski definition) is 2. The van der Waals surface area contributed by atoms with Gasteiger partial charge in [-0.25, -0.2) is 0 Å². The molecule has 1 atom stereocenters. The summed E-state index contributed by atoms with van der Waals surface area (Å²) in [5.74, 6) is 0.599. The molecular formula is C13H24O2. The summed E-state index contributed by atoms with van der Waals surface area (Å²) in [6.45, 7) is 6.58. The molecule has 1 saturated carbocycles. The quantitative estimate of drug-likeness (QED) is 0.698. The Balaban J connectivity index is 2.62. The molecule has 1 unspecified atom stereocenters. The third-order valence-electron chi connectivity index (χ3n) is 3.63. The molecule has 1 aliphatic carbocycles. The molecule has 0 bridgehead atoms. The smallest absolute Gasteiger partial charge is 0.167 e. The fraction of sp³-hybridized carbons (Fsp3) is 0.923. The lowest BCUT2D eigenvalue weighted by molar-refractivity contribution is -0.147. The Morgan fingerprint density at radius 3 is 2.33 bits per heavy atom. The highest BCUT2D eigenvalue weighted by molar-refractivity contribution is 5.89. The minimum atomic E-state index is -0.531. The highest BCUT2D eigenvalue weighted by atomic mass is 16.5. The summed E-state index contributed by atoms with van der Waals surface area (Å²) in [7, 11) is 0. The molecule has 88 valence electrons. The Kier molecular flexibility index (Phi) is 4.78. The minimum Gasteiger partial charge on any atom is -0.368 e. The first kappa shape index (κ1) is 12.7. The molecule has 0 N–H and O–H groups in total. The maximum atomic E-state index is 12.3. The summed E-state index contributed by atoms with van der Waals surface area (Å²) >= 11 is 0. The first-order valence-corrected chi connectivity index (χ1v) is 6.32. The average Bonchev–Trinajstić information content (AvgIpc) is 2.29. The van der Waals surface area contributed by atoms with Gasteiger partial charge in [0.05, 0.1) is 0 Å². The highest BCUT2D eigenvalue weighted by Gasteiger charge is 2.37. The Bertz CT molecular complexity index is 207. The molecule has 0 aliphatic heterocycles. The summed E-state index contributed by atoms with van der Waals surface area (Å²) in [6.07, 6.45) is 6.64. The summed E-state index contributed by atoms with van der Waals surface area (Å²) in [4.78, 5) is 12.3. The van der Waals surface area contributed by atoms with Crippen molar-refractivity contribution >= 4 is 5.78 Å². The number of ether oxygens (including phenoxy) is 1. The summed E-state index contributed by atoms with van der Waals surface area (Å²) in [5, 5.41) is 0. The number of ketones is 1. The Morgan fingerprint density at radius 2 is 1.87 bits per heavy atom. The molecule has 2 nitrogen and oxygen atoms in total. The molecule has 0 saturated heterocycles. The van der Waals surface area contributed by atoms with Crippen molar-refractivity contribution in [2.24, 2.45) is 5.92 Å². The average molecular weight is 212 g/mol. The van der Waals surface area contributed by atoms with E-state index in [1.165, 1.54) is 19.3 Å². The fourth-order valence-corrected chi connectivity index (χ4v) is 2.46. The standard InChI is InChI=1S/C13H24O2/c1-4-13(3,15-5-2)12(14)11-9-7-6-8-10-11/h11H,4-10H2,1-3H3. The Labute approximate surface area is 93.4 Å². The van der Waals surface area contributed by atoms with Gasteiger partial charge in [-0.3, -0.25) is 4.79 Å². The normalized spacial score (nSPS) is 22.3. The number of Topliss-reactive ketones (excluding diaryl/α,β-unsaturated/α-hetero) is 1. The van der Waals surface area contributed by atoms with E-state index in [9.17, 15) is 4.79 Å². The van der Waals surface area contributed by atoms with E-state index in [0.29, 0.717) is 12.4 Å². The van der Waals surface area contributed by atoms with Crippen LogP contribution in [0.1, 0.15) is 59.3 Å². The van der Waals surface area contributed by atoms with Crippen LogP contribution in [0, 0.1) is 5.92 Å². The van der Waals surface area contributed by atoms with E-state index in [2.05, 4.69) is 0 Å². The molecule has 0 amide bonds. The maximum Gasteiger partial charge on any atom is 0.167 e. The van der Waals surface area contributed by atoms with Gasteiger partial charge in [-0.2, -0.15) is 0 Å². The highest BCUT2D eigenvalue weighted by Crippen LogP contribution is 2.30. The van der Waals surface area contributed by atoms with Crippen LogP contribution in [0.25, 0.3) is 0 Å². The van der Waals surface area contributed by atoms with Crippen LogP contribution >= 0.6 is 0 Å². The lowest BCUT2D eigenvalue weighted by Gasteiger charge is -2.32. The number of rotatable bonds is 5. The van der Waals surface area contributed by atoms with Crippen molar-refractivity contribution in [3.8, 4) is 0 Å². The molecule has 1 rings (SSSR count). The van der Waals surface area contributed by atoms with Crippen LogP contribution < -0.4 is 0 Å². The monoisotopic (exact) mass is 212 g/mol. The first-order valence-electron chi connectivity index (χ1n) is 6.32. The largest absolute Gasteiger partial charge is 0.368 e. The van der Waals surface area contributed by atoms with Crippen molar-refractivity contribution < 1.29 is 9.53 Å². The molecule has 15 heavy (non-hydrogen) atoms. The van der Waals surface area contributed by atoms with E-state index in [0.717, 1.165) is 19.3 Å². The van der Waals surface area contributed by atoms with Crippen molar-refractivity contribution in [2.45, 2.75) is 64.9 Å². The zero-order valence-electron chi connectivity index (χ0n) is 10.3. The van der Waals surface area contributed by atoms with E-state index < -0.39 is 5.60 Å².